The molecule has 1 atom stereocenters. The number of benzene rings is 2. The number of likely N-dealkylation sites (N-methyl/N-ethyl adjacent to an activating group) is 1. The number of hydrogen-bond acceptors (Lipinski definition) is 8. The van der Waals surface area contributed by atoms with E-state index < -0.39 is 0 Å². The molecule has 2 aromatic carbocycles. The SMILES string of the molecule is CN1CCN(CCNc2ccc3c(c2)Sc2cccc(C4CN(c5cc[nH]c(=O)c5)CCO4)c2S3)CC1. The quantitative estimate of drug-likeness (QED) is 0.381. The van der Waals surface area contributed by atoms with Gasteiger partial charge in [-0.2, -0.15) is 0 Å². The molecule has 0 radical (unpaired) electrons. The van der Waals surface area contributed by atoms with Gasteiger partial charge in [-0.15, -0.1) is 0 Å². The number of aromatic nitrogens is 1. The van der Waals surface area contributed by atoms with Crippen molar-refractivity contribution < 1.29 is 4.74 Å². The molecule has 3 aromatic rings. The molecule has 0 amide bonds. The zero-order chi connectivity index (χ0) is 25.2. The summed E-state index contributed by atoms with van der Waals surface area (Å²) in [5.74, 6) is 0. The zero-order valence-electron chi connectivity index (χ0n) is 21.1. The Hall–Kier alpha value is -2.43. The first-order chi connectivity index (χ1) is 18.1. The van der Waals surface area contributed by atoms with Crippen molar-refractivity contribution >= 4 is 34.9 Å². The standard InChI is InChI=1S/C28H33N5O2S2/c1-31-11-13-32(14-12-31)10-9-29-20-5-6-24-26(17-20)36-25-4-2-3-22(28(25)37-24)23-19-33(15-16-35-23)21-7-8-30-27(34)18-21/h2-8,17-18,23,29H,9-16,19H2,1H3,(H,30,34). The van der Waals surface area contributed by atoms with Crippen LogP contribution in [0, 0.1) is 0 Å². The number of ether oxygens (including phenoxy) is 1. The molecule has 3 aliphatic heterocycles. The van der Waals surface area contributed by atoms with Gasteiger partial charge >= 0.3 is 0 Å². The number of morpholine rings is 1. The Balaban J connectivity index is 1.13. The minimum Gasteiger partial charge on any atom is -0.384 e. The molecule has 2 N–H and O–H groups in total. The number of piperazine rings is 1. The van der Waals surface area contributed by atoms with Gasteiger partial charge in [0.05, 0.1) is 6.61 Å². The van der Waals surface area contributed by atoms with Gasteiger partial charge in [0.1, 0.15) is 6.10 Å². The van der Waals surface area contributed by atoms with Crippen LogP contribution in [-0.2, 0) is 4.74 Å². The van der Waals surface area contributed by atoms with Crippen molar-refractivity contribution in [1.82, 2.24) is 14.8 Å². The molecule has 9 heteroatoms. The molecule has 0 aliphatic carbocycles. The van der Waals surface area contributed by atoms with Crippen molar-refractivity contribution in [2.24, 2.45) is 0 Å². The number of pyridine rings is 1. The molecule has 1 unspecified atom stereocenters. The van der Waals surface area contributed by atoms with Gasteiger partial charge in [0.25, 0.3) is 0 Å². The lowest BCUT2D eigenvalue weighted by molar-refractivity contribution is 0.0379. The normalized spacial score (nSPS) is 20.4. The number of H-pyrrole nitrogens is 1. The van der Waals surface area contributed by atoms with E-state index in [1.807, 2.05) is 29.6 Å². The van der Waals surface area contributed by atoms with Crippen LogP contribution in [0.5, 0.6) is 0 Å². The van der Waals surface area contributed by atoms with Gasteiger partial charge in [-0.1, -0.05) is 35.7 Å². The summed E-state index contributed by atoms with van der Waals surface area (Å²) in [6.45, 7) is 8.81. The Morgan fingerprint density at radius 3 is 2.76 bits per heavy atom. The molecule has 6 rings (SSSR count). The number of rotatable bonds is 6. The highest BCUT2D eigenvalue weighted by Crippen LogP contribution is 2.51. The summed E-state index contributed by atoms with van der Waals surface area (Å²) in [4.78, 5) is 26.9. The Kier molecular flexibility index (Phi) is 7.48. The van der Waals surface area contributed by atoms with E-state index in [1.165, 1.54) is 30.8 Å². The van der Waals surface area contributed by atoms with Crippen LogP contribution in [0.1, 0.15) is 11.7 Å². The van der Waals surface area contributed by atoms with E-state index in [2.05, 4.69) is 68.4 Å². The highest BCUT2D eigenvalue weighted by Gasteiger charge is 2.28. The number of anilines is 2. The molecule has 2 fully saturated rings. The molecule has 194 valence electrons. The van der Waals surface area contributed by atoms with Crippen molar-refractivity contribution in [2.45, 2.75) is 25.7 Å². The van der Waals surface area contributed by atoms with Crippen molar-refractivity contribution in [3.8, 4) is 0 Å². The second kappa shape index (κ2) is 11.1. The molecule has 37 heavy (non-hydrogen) atoms. The monoisotopic (exact) mass is 535 g/mol. The van der Waals surface area contributed by atoms with Crippen LogP contribution in [0.4, 0.5) is 11.4 Å². The van der Waals surface area contributed by atoms with Crippen molar-refractivity contribution in [3.63, 3.8) is 0 Å². The fourth-order valence-corrected chi connectivity index (χ4v) is 7.57. The maximum atomic E-state index is 11.8. The lowest BCUT2D eigenvalue weighted by atomic mass is 10.1. The van der Waals surface area contributed by atoms with Gasteiger partial charge in [0.2, 0.25) is 5.56 Å². The second-order valence-electron chi connectivity index (χ2n) is 9.83. The largest absolute Gasteiger partial charge is 0.384 e. The molecular weight excluding hydrogens is 502 g/mol. The van der Waals surface area contributed by atoms with Crippen LogP contribution in [0.3, 0.4) is 0 Å². The van der Waals surface area contributed by atoms with Crippen LogP contribution in [-0.4, -0.2) is 80.8 Å². The van der Waals surface area contributed by atoms with Crippen LogP contribution in [0.15, 0.2) is 79.1 Å². The fourth-order valence-electron chi connectivity index (χ4n) is 5.12. The predicted molar refractivity (Wildman–Crippen MR) is 152 cm³/mol. The Morgan fingerprint density at radius 2 is 1.89 bits per heavy atom. The first-order valence-corrected chi connectivity index (χ1v) is 14.6. The number of hydrogen-bond donors (Lipinski definition) is 2. The van der Waals surface area contributed by atoms with E-state index in [0.29, 0.717) is 6.61 Å². The molecule has 1 aromatic heterocycles. The molecular formula is C28H33N5O2S2. The van der Waals surface area contributed by atoms with E-state index in [1.54, 1.807) is 12.3 Å². The Bertz CT molecular complexity index is 1310. The summed E-state index contributed by atoms with van der Waals surface area (Å²) in [5.41, 5.74) is 3.28. The third kappa shape index (κ3) is 5.71. The first-order valence-electron chi connectivity index (χ1n) is 12.9. The minimum absolute atomic E-state index is 0.0341. The molecule has 7 nitrogen and oxygen atoms in total. The fraction of sp³-hybridized carbons (Fsp3) is 0.393. The number of nitrogens with one attached hydrogen (secondary N) is 2. The zero-order valence-corrected chi connectivity index (χ0v) is 22.7. The smallest absolute Gasteiger partial charge is 0.249 e. The Morgan fingerprint density at radius 1 is 1.00 bits per heavy atom. The topological polar surface area (TPSA) is 63.8 Å². The summed E-state index contributed by atoms with van der Waals surface area (Å²) >= 11 is 3.69. The number of aromatic amines is 1. The van der Waals surface area contributed by atoms with E-state index in [4.69, 9.17) is 4.74 Å². The first kappa shape index (κ1) is 24.9. The van der Waals surface area contributed by atoms with Crippen molar-refractivity contribution in [2.75, 3.05) is 76.2 Å². The third-order valence-corrected chi connectivity index (χ3v) is 9.89. The predicted octanol–water partition coefficient (Wildman–Crippen LogP) is 4.23. The van der Waals surface area contributed by atoms with E-state index in [0.717, 1.165) is 58.0 Å². The van der Waals surface area contributed by atoms with Gasteiger partial charge < -0.3 is 24.8 Å². The van der Waals surface area contributed by atoms with Gasteiger partial charge in [-0.3, -0.25) is 9.69 Å². The average molecular weight is 536 g/mol. The molecule has 3 aliphatic rings. The average Bonchev–Trinajstić information content (AvgIpc) is 2.93. The van der Waals surface area contributed by atoms with Gasteiger partial charge in [-0.05, 0) is 42.9 Å². The van der Waals surface area contributed by atoms with Crippen LogP contribution in [0.25, 0.3) is 0 Å². The molecule has 0 bridgehead atoms. The summed E-state index contributed by atoms with van der Waals surface area (Å²) in [6.07, 6.45) is 1.68. The van der Waals surface area contributed by atoms with Crippen LogP contribution in [0.2, 0.25) is 0 Å². The van der Waals surface area contributed by atoms with E-state index in [9.17, 15) is 4.79 Å². The molecule has 0 spiro atoms. The highest BCUT2D eigenvalue weighted by molar-refractivity contribution is 8.05. The van der Waals surface area contributed by atoms with Crippen molar-refractivity contribution in [1.29, 1.82) is 0 Å². The highest BCUT2D eigenvalue weighted by atomic mass is 32.2. The summed E-state index contributed by atoms with van der Waals surface area (Å²) in [5, 5.41) is 3.64. The van der Waals surface area contributed by atoms with Gasteiger partial charge in [0.15, 0.2) is 0 Å². The third-order valence-electron chi connectivity index (χ3n) is 7.28. The molecule has 0 saturated carbocycles. The van der Waals surface area contributed by atoms with Crippen molar-refractivity contribution in [3.05, 3.63) is 70.6 Å². The van der Waals surface area contributed by atoms with Crippen LogP contribution < -0.4 is 15.8 Å². The lowest BCUT2D eigenvalue weighted by Gasteiger charge is -2.36. The van der Waals surface area contributed by atoms with E-state index >= 15 is 0 Å². The summed E-state index contributed by atoms with van der Waals surface area (Å²) in [6, 6.07) is 16.9. The van der Waals surface area contributed by atoms with Gasteiger partial charge in [-0.25, -0.2) is 0 Å². The van der Waals surface area contributed by atoms with E-state index in [-0.39, 0.29) is 11.7 Å². The lowest BCUT2D eigenvalue weighted by Crippen LogP contribution is -2.45. The minimum atomic E-state index is -0.0746. The van der Waals surface area contributed by atoms with Gasteiger partial charge in [0, 0.05) is 95.6 Å². The summed E-state index contributed by atoms with van der Waals surface area (Å²) in [7, 11) is 2.20. The molecule has 4 heterocycles. The number of fused-ring (bicyclic) bond motifs is 2. The number of nitrogens with zero attached hydrogens (tertiary/aromatic N) is 3. The maximum Gasteiger partial charge on any atom is 0.249 e. The second-order valence-corrected chi connectivity index (χ2v) is 12.0. The molecule has 2 saturated heterocycles. The Labute approximate surface area is 226 Å². The summed E-state index contributed by atoms with van der Waals surface area (Å²) < 4.78 is 6.25. The maximum absolute atomic E-state index is 11.8. The van der Waals surface area contributed by atoms with Crippen LogP contribution >= 0.6 is 23.5 Å².